The van der Waals surface area contributed by atoms with E-state index in [1.165, 1.54) is 6.33 Å². The van der Waals surface area contributed by atoms with E-state index < -0.39 is 0 Å². The molecule has 1 aromatic carbocycles. The van der Waals surface area contributed by atoms with E-state index in [4.69, 9.17) is 17.3 Å². The second-order valence-corrected chi connectivity index (χ2v) is 5.40. The number of nitrogens with two attached hydrogens (primary N) is 1. The largest absolute Gasteiger partial charge is 0.399 e. The van der Waals surface area contributed by atoms with Gasteiger partial charge in [-0.05, 0) is 30.2 Å². The van der Waals surface area contributed by atoms with Crippen molar-refractivity contribution < 1.29 is 0 Å². The van der Waals surface area contributed by atoms with Gasteiger partial charge in [-0.3, -0.25) is 0 Å². The van der Waals surface area contributed by atoms with Gasteiger partial charge in [0.15, 0.2) is 0 Å². The summed E-state index contributed by atoms with van der Waals surface area (Å²) in [5, 5.41) is 0.509. The molecular weight excluding hydrogens is 266 g/mol. The van der Waals surface area contributed by atoms with E-state index in [1.54, 1.807) is 11.3 Å². The van der Waals surface area contributed by atoms with Crippen LogP contribution in [0.2, 0.25) is 5.15 Å². The Hall–Kier alpha value is -1.65. The zero-order valence-corrected chi connectivity index (χ0v) is 11.2. The van der Waals surface area contributed by atoms with Gasteiger partial charge in [-0.1, -0.05) is 23.7 Å². The van der Waals surface area contributed by atoms with Gasteiger partial charge >= 0.3 is 0 Å². The molecule has 3 rings (SSSR count). The first-order valence-corrected chi connectivity index (χ1v) is 6.62. The molecule has 0 fully saturated rings. The van der Waals surface area contributed by atoms with Crippen molar-refractivity contribution >= 4 is 38.8 Å². The van der Waals surface area contributed by atoms with E-state index in [0.717, 1.165) is 31.9 Å². The molecule has 0 spiro atoms. The minimum absolute atomic E-state index is 0.509. The van der Waals surface area contributed by atoms with Gasteiger partial charge in [0.25, 0.3) is 0 Å². The molecular formula is C13H10ClN3S. The Morgan fingerprint density at radius 1 is 1.17 bits per heavy atom. The van der Waals surface area contributed by atoms with Gasteiger partial charge in [0.1, 0.15) is 11.5 Å². The Morgan fingerprint density at radius 2 is 1.89 bits per heavy atom. The molecule has 2 N–H and O–H groups in total. The van der Waals surface area contributed by atoms with E-state index in [1.807, 2.05) is 31.2 Å². The average molecular weight is 276 g/mol. The standard InChI is InChI=1S/C13H10ClN3S/c1-7-10-12(13(14)17-6-16-10)18-11(7)8-2-4-9(15)5-3-8/h2-6H,15H2,1H3. The maximum Gasteiger partial charge on any atom is 0.150 e. The normalized spacial score (nSPS) is 11.0. The fourth-order valence-electron chi connectivity index (χ4n) is 1.91. The monoisotopic (exact) mass is 275 g/mol. The van der Waals surface area contributed by atoms with Gasteiger partial charge in [-0.15, -0.1) is 11.3 Å². The molecule has 0 bridgehead atoms. The summed E-state index contributed by atoms with van der Waals surface area (Å²) >= 11 is 7.71. The zero-order chi connectivity index (χ0) is 12.7. The number of benzene rings is 1. The lowest BCUT2D eigenvalue weighted by molar-refractivity contribution is 1.22. The van der Waals surface area contributed by atoms with Crippen molar-refractivity contribution in [3.63, 3.8) is 0 Å². The molecule has 0 saturated heterocycles. The maximum atomic E-state index is 6.09. The van der Waals surface area contributed by atoms with Crippen LogP contribution in [0.1, 0.15) is 5.56 Å². The van der Waals surface area contributed by atoms with Crippen LogP contribution in [0.15, 0.2) is 30.6 Å². The van der Waals surface area contributed by atoms with Crippen molar-refractivity contribution in [2.24, 2.45) is 0 Å². The summed E-state index contributed by atoms with van der Waals surface area (Å²) in [6, 6.07) is 7.81. The van der Waals surface area contributed by atoms with Crippen LogP contribution in [0.25, 0.3) is 20.7 Å². The Labute approximate surface area is 113 Å². The fraction of sp³-hybridized carbons (Fsp3) is 0.0769. The van der Waals surface area contributed by atoms with E-state index in [0.29, 0.717) is 5.15 Å². The van der Waals surface area contributed by atoms with Gasteiger partial charge in [0.2, 0.25) is 0 Å². The molecule has 0 aliphatic carbocycles. The van der Waals surface area contributed by atoms with E-state index in [2.05, 4.69) is 9.97 Å². The highest BCUT2D eigenvalue weighted by Crippen LogP contribution is 2.39. The quantitative estimate of drug-likeness (QED) is 0.541. The SMILES string of the molecule is Cc1c(-c2ccc(N)cc2)sc2c(Cl)ncnc12. The Bertz CT molecular complexity index is 719. The van der Waals surface area contributed by atoms with Crippen molar-refractivity contribution in [1.29, 1.82) is 0 Å². The highest BCUT2D eigenvalue weighted by atomic mass is 35.5. The number of fused-ring (bicyclic) bond motifs is 1. The number of thiophene rings is 1. The summed E-state index contributed by atoms with van der Waals surface area (Å²) in [6.45, 7) is 2.05. The van der Waals surface area contributed by atoms with Gasteiger partial charge in [0.05, 0.1) is 10.2 Å². The number of nitrogen functional groups attached to an aromatic ring is 1. The average Bonchev–Trinajstić information content (AvgIpc) is 2.70. The molecule has 90 valence electrons. The number of anilines is 1. The lowest BCUT2D eigenvalue weighted by atomic mass is 10.1. The predicted octanol–water partition coefficient (Wildman–Crippen LogP) is 3.90. The minimum atomic E-state index is 0.509. The van der Waals surface area contributed by atoms with Crippen LogP contribution in [-0.2, 0) is 0 Å². The topological polar surface area (TPSA) is 51.8 Å². The van der Waals surface area contributed by atoms with Crippen LogP contribution in [0, 0.1) is 6.92 Å². The van der Waals surface area contributed by atoms with Crippen molar-refractivity contribution in [2.75, 3.05) is 5.73 Å². The van der Waals surface area contributed by atoms with Crippen LogP contribution in [0.3, 0.4) is 0 Å². The minimum Gasteiger partial charge on any atom is -0.399 e. The number of aromatic nitrogens is 2. The van der Waals surface area contributed by atoms with Gasteiger partial charge in [-0.2, -0.15) is 0 Å². The Balaban J connectivity index is 2.27. The van der Waals surface area contributed by atoms with Gasteiger partial charge in [-0.25, -0.2) is 9.97 Å². The molecule has 5 heteroatoms. The number of halogens is 1. The molecule has 2 heterocycles. The summed E-state index contributed by atoms with van der Waals surface area (Å²) in [4.78, 5) is 9.47. The smallest absolute Gasteiger partial charge is 0.150 e. The molecule has 3 nitrogen and oxygen atoms in total. The lowest BCUT2D eigenvalue weighted by Gasteiger charge is -2.00. The van der Waals surface area contributed by atoms with E-state index in [9.17, 15) is 0 Å². The molecule has 0 radical (unpaired) electrons. The van der Waals surface area contributed by atoms with Crippen molar-refractivity contribution in [2.45, 2.75) is 6.92 Å². The van der Waals surface area contributed by atoms with Crippen molar-refractivity contribution in [3.05, 3.63) is 41.3 Å². The first-order valence-electron chi connectivity index (χ1n) is 5.42. The van der Waals surface area contributed by atoms with E-state index >= 15 is 0 Å². The first kappa shape index (κ1) is 11.4. The molecule has 3 aromatic rings. The molecule has 0 aliphatic rings. The molecule has 2 aromatic heterocycles. The molecule has 0 aliphatic heterocycles. The van der Waals surface area contributed by atoms with Crippen LogP contribution in [-0.4, -0.2) is 9.97 Å². The summed E-state index contributed by atoms with van der Waals surface area (Å²) in [5.41, 5.74) is 9.64. The fourth-order valence-corrected chi connectivity index (χ4v) is 3.30. The van der Waals surface area contributed by atoms with Crippen molar-refractivity contribution in [3.8, 4) is 10.4 Å². The summed E-state index contributed by atoms with van der Waals surface area (Å²) in [5.74, 6) is 0. The van der Waals surface area contributed by atoms with E-state index in [-0.39, 0.29) is 0 Å². The molecule has 0 saturated carbocycles. The van der Waals surface area contributed by atoms with Gasteiger partial charge < -0.3 is 5.73 Å². The molecule has 0 atom stereocenters. The number of hydrogen-bond donors (Lipinski definition) is 1. The number of hydrogen-bond acceptors (Lipinski definition) is 4. The molecule has 0 amide bonds. The zero-order valence-electron chi connectivity index (χ0n) is 9.64. The molecule has 18 heavy (non-hydrogen) atoms. The molecule has 0 unspecified atom stereocenters. The first-order chi connectivity index (χ1) is 8.66. The highest BCUT2D eigenvalue weighted by molar-refractivity contribution is 7.23. The maximum absolute atomic E-state index is 6.09. The predicted molar refractivity (Wildman–Crippen MR) is 77.0 cm³/mol. The van der Waals surface area contributed by atoms with Crippen LogP contribution >= 0.6 is 22.9 Å². The number of nitrogens with zero attached hydrogens (tertiary/aromatic N) is 2. The second-order valence-electron chi connectivity index (χ2n) is 4.02. The summed E-state index contributed by atoms with van der Waals surface area (Å²) in [6.07, 6.45) is 1.50. The van der Waals surface area contributed by atoms with Crippen LogP contribution < -0.4 is 5.73 Å². The number of aryl methyl sites for hydroxylation is 1. The third-order valence-corrected chi connectivity index (χ3v) is 4.57. The lowest BCUT2D eigenvalue weighted by Crippen LogP contribution is -1.84. The second kappa shape index (κ2) is 4.23. The third kappa shape index (κ3) is 1.74. The Morgan fingerprint density at radius 3 is 2.56 bits per heavy atom. The Kier molecular flexibility index (Phi) is 2.69. The van der Waals surface area contributed by atoms with Gasteiger partial charge in [0, 0.05) is 10.6 Å². The van der Waals surface area contributed by atoms with Crippen molar-refractivity contribution in [1.82, 2.24) is 9.97 Å². The van der Waals surface area contributed by atoms with Crippen LogP contribution in [0.4, 0.5) is 5.69 Å². The summed E-state index contributed by atoms with van der Waals surface area (Å²) in [7, 11) is 0. The van der Waals surface area contributed by atoms with Crippen LogP contribution in [0.5, 0.6) is 0 Å². The number of rotatable bonds is 1. The third-order valence-electron chi connectivity index (χ3n) is 2.83. The summed E-state index contributed by atoms with van der Waals surface area (Å²) < 4.78 is 0.934. The highest BCUT2D eigenvalue weighted by Gasteiger charge is 2.13.